The Morgan fingerprint density at radius 1 is 1.02 bits per heavy atom. The van der Waals surface area contributed by atoms with Crippen molar-refractivity contribution >= 4 is 23.4 Å². The molecule has 6 unspecified atom stereocenters. The molecule has 6 atom stereocenters. The number of allylic oxidation sites excluding steroid dienone is 1. The van der Waals surface area contributed by atoms with Crippen LogP contribution in [-0.2, 0) is 27.5 Å². The first-order valence-electron chi connectivity index (χ1n) is 19.5. The number of halogens is 2. The fourth-order valence-electron chi connectivity index (χ4n) is 8.71. The minimum absolute atomic E-state index is 0.0101. The van der Waals surface area contributed by atoms with Crippen LogP contribution in [0.1, 0.15) is 67.6 Å². The van der Waals surface area contributed by atoms with Crippen LogP contribution in [0.4, 0.5) is 9.18 Å². The van der Waals surface area contributed by atoms with Gasteiger partial charge in [-0.3, -0.25) is 4.90 Å². The number of nitrogens with zero attached hydrogens (tertiary/aromatic N) is 2. The zero-order valence-corrected chi connectivity index (χ0v) is 32.4. The number of phenolic OH excluding ortho intramolecular Hbond substituents is 1. The third kappa shape index (κ3) is 9.23. The van der Waals surface area contributed by atoms with E-state index in [2.05, 4.69) is 12.7 Å². The molecule has 1 saturated carbocycles. The van der Waals surface area contributed by atoms with Crippen LogP contribution in [0.2, 0.25) is 0 Å². The van der Waals surface area contributed by atoms with Crippen LogP contribution in [-0.4, -0.2) is 76.2 Å². The Balaban J connectivity index is 1.58. The molecular formula is C44H52ClFN2O8. The highest BCUT2D eigenvalue weighted by Gasteiger charge is 2.65. The topological polar surface area (TPSA) is 130 Å². The number of carbonyl (C=O) groups is 1. The molecule has 2 aliphatic carbocycles. The van der Waals surface area contributed by atoms with Gasteiger partial charge in [-0.1, -0.05) is 72.6 Å². The van der Waals surface area contributed by atoms with Crippen LogP contribution in [0.15, 0.2) is 102 Å². The summed E-state index contributed by atoms with van der Waals surface area (Å²) in [5, 5.41) is 35.4. The second kappa shape index (κ2) is 19.6. The van der Waals surface area contributed by atoms with E-state index in [1.165, 1.54) is 12.1 Å². The Morgan fingerprint density at radius 3 is 2.48 bits per heavy atom. The number of hydrogen-bond acceptors (Lipinski definition) is 9. The number of benzene rings is 3. The van der Waals surface area contributed by atoms with Gasteiger partial charge in [0.2, 0.25) is 5.79 Å². The predicted octanol–water partition coefficient (Wildman–Crippen LogP) is 8.24. The Bertz CT molecular complexity index is 1830. The third-order valence-corrected chi connectivity index (χ3v) is 11.2. The second-order valence-corrected chi connectivity index (χ2v) is 15.0. The highest BCUT2D eigenvalue weighted by Crippen LogP contribution is 2.62. The Labute approximate surface area is 333 Å². The molecule has 0 bridgehead atoms. The largest absolute Gasteiger partial charge is 0.508 e. The molecule has 0 aromatic heterocycles. The summed E-state index contributed by atoms with van der Waals surface area (Å²) in [6.07, 6.45) is 7.73. The summed E-state index contributed by atoms with van der Waals surface area (Å²) in [7, 11) is 0. The van der Waals surface area contributed by atoms with Gasteiger partial charge in [-0.2, -0.15) is 0 Å². The molecule has 10 nitrogen and oxygen atoms in total. The van der Waals surface area contributed by atoms with Gasteiger partial charge in [-0.25, -0.2) is 9.18 Å². The van der Waals surface area contributed by atoms with E-state index in [0.717, 1.165) is 42.4 Å². The molecule has 0 radical (unpaired) electrons. The van der Waals surface area contributed by atoms with Gasteiger partial charge < -0.3 is 34.4 Å². The number of oxime groups is 1. The number of fused-ring (bicyclic) bond motifs is 2. The molecule has 1 amide bonds. The van der Waals surface area contributed by atoms with Gasteiger partial charge in [-0.05, 0) is 84.6 Å². The quantitative estimate of drug-likeness (QED) is 0.0480. The van der Waals surface area contributed by atoms with Crippen LogP contribution in [0.5, 0.6) is 11.5 Å². The summed E-state index contributed by atoms with van der Waals surface area (Å²) >= 11 is 6.02. The lowest BCUT2D eigenvalue weighted by Crippen LogP contribution is -2.70. The van der Waals surface area contributed by atoms with Crippen molar-refractivity contribution in [3.8, 4) is 11.5 Å². The first-order valence-corrected chi connectivity index (χ1v) is 20.0. The number of carbonyl (C=O) groups excluding carboxylic acids is 1. The molecule has 3 aliphatic rings. The van der Waals surface area contributed by atoms with Gasteiger partial charge in [0.1, 0.15) is 36.6 Å². The Kier molecular flexibility index (Phi) is 14.5. The average Bonchev–Trinajstić information content (AvgIpc) is 3.21. The number of amides is 1. The molecule has 6 rings (SSSR count). The van der Waals surface area contributed by atoms with Crippen LogP contribution < -0.4 is 4.74 Å². The molecule has 1 heterocycles. The summed E-state index contributed by atoms with van der Waals surface area (Å²) in [6.45, 7) is 4.37. The lowest BCUT2D eigenvalue weighted by molar-refractivity contribution is -0.256. The summed E-state index contributed by atoms with van der Waals surface area (Å²) in [5.41, 5.74) is 3.86. The monoisotopic (exact) mass is 790 g/mol. The van der Waals surface area contributed by atoms with Crippen molar-refractivity contribution in [2.45, 2.75) is 75.8 Å². The van der Waals surface area contributed by atoms with Crippen molar-refractivity contribution in [3.05, 3.63) is 120 Å². The third-order valence-electron chi connectivity index (χ3n) is 11.1. The van der Waals surface area contributed by atoms with Gasteiger partial charge >= 0.3 is 6.09 Å². The molecule has 12 heteroatoms. The SMILES string of the molecule is C=CCOC12Oc3ccc(O)cc3C3C(CCCCO)C(CCCCO)C=C(C(=NOCc4ccccc4)CC1N(Cc1ccc(F)cc1)C(=O)OCCCl)C32. The Morgan fingerprint density at radius 2 is 1.77 bits per heavy atom. The van der Waals surface area contributed by atoms with Crippen LogP contribution in [0, 0.1) is 23.6 Å². The number of hydrogen-bond donors (Lipinski definition) is 3. The maximum absolute atomic E-state index is 14.3. The zero-order chi connectivity index (χ0) is 39.5. The molecule has 300 valence electrons. The van der Waals surface area contributed by atoms with E-state index in [0.29, 0.717) is 29.9 Å². The van der Waals surface area contributed by atoms with Crippen molar-refractivity contribution in [2.75, 3.05) is 32.3 Å². The van der Waals surface area contributed by atoms with E-state index in [9.17, 15) is 24.5 Å². The van der Waals surface area contributed by atoms with Gasteiger partial charge in [0.25, 0.3) is 0 Å². The van der Waals surface area contributed by atoms with Crippen molar-refractivity contribution < 1.29 is 43.6 Å². The number of aliphatic hydroxyl groups excluding tert-OH is 2. The molecule has 1 aliphatic heterocycles. The van der Waals surface area contributed by atoms with Crippen molar-refractivity contribution in [1.82, 2.24) is 4.90 Å². The van der Waals surface area contributed by atoms with Crippen molar-refractivity contribution in [2.24, 2.45) is 22.9 Å². The average molecular weight is 791 g/mol. The lowest BCUT2D eigenvalue weighted by Gasteiger charge is -2.59. The summed E-state index contributed by atoms with van der Waals surface area (Å²) in [6, 6.07) is 19.8. The normalized spacial score (nSPS) is 24.3. The molecular weight excluding hydrogens is 739 g/mol. The molecule has 56 heavy (non-hydrogen) atoms. The smallest absolute Gasteiger partial charge is 0.410 e. The maximum Gasteiger partial charge on any atom is 0.410 e. The summed E-state index contributed by atoms with van der Waals surface area (Å²) < 4.78 is 33.9. The van der Waals surface area contributed by atoms with Crippen LogP contribution >= 0.6 is 11.6 Å². The van der Waals surface area contributed by atoms with E-state index in [1.54, 1.807) is 41.3 Å². The van der Waals surface area contributed by atoms with E-state index in [1.807, 2.05) is 30.3 Å². The fraction of sp³-hybridized carbons (Fsp3) is 0.455. The summed E-state index contributed by atoms with van der Waals surface area (Å²) in [4.78, 5) is 22.0. The van der Waals surface area contributed by atoms with Gasteiger partial charge in [0.05, 0.1) is 24.1 Å². The molecule has 3 aromatic carbocycles. The summed E-state index contributed by atoms with van der Waals surface area (Å²) in [5.74, 6) is -2.11. The number of phenols is 1. The van der Waals surface area contributed by atoms with Gasteiger partial charge in [0.15, 0.2) is 0 Å². The molecule has 0 saturated heterocycles. The highest BCUT2D eigenvalue weighted by molar-refractivity contribution is 6.18. The van der Waals surface area contributed by atoms with Crippen LogP contribution in [0.25, 0.3) is 0 Å². The minimum atomic E-state index is -1.53. The van der Waals surface area contributed by atoms with Crippen molar-refractivity contribution in [1.29, 1.82) is 0 Å². The molecule has 3 N–H and O–H groups in total. The van der Waals surface area contributed by atoms with E-state index in [-0.39, 0.29) is 75.4 Å². The highest BCUT2D eigenvalue weighted by atomic mass is 35.5. The maximum atomic E-state index is 14.3. The van der Waals surface area contributed by atoms with Crippen LogP contribution in [0.3, 0.4) is 0 Å². The Hall–Kier alpha value is -4.42. The number of rotatable bonds is 19. The minimum Gasteiger partial charge on any atom is -0.508 e. The number of unbranched alkanes of at least 4 members (excludes halogenated alkanes) is 2. The molecule has 3 aromatic rings. The second-order valence-electron chi connectivity index (χ2n) is 14.6. The number of aliphatic hydroxyl groups is 2. The molecule has 1 fully saturated rings. The van der Waals surface area contributed by atoms with E-state index in [4.69, 9.17) is 35.8 Å². The van der Waals surface area contributed by atoms with Gasteiger partial charge in [-0.15, -0.1) is 18.2 Å². The number of alkyl halides is 1. The zero-order valence-electron chi connectivity index (χ0n) is 31.6. The van der Waals surface area contributed by atoms with E-state index < -0.39 is 29.7 Å². The first-order chi connectivity index (χ1) is 27.3. The predicted molar refractivity (Wildman–Crippen MR) is 212 cm³/mol. The number of aromatic hydroxyl groups is 1. The lowest BCUT2D eigenvalue weighted by atomic mass is 9.55. The number of ether oxygens (including phenoxy) is 3. The standard InChI is InChI=1S/C44H52ClFN2O8/c1-2-23-54-44-40(48(43(52)53-24-20-45)28-30-14-16-33(46)17-15-30)27-38(47-55-29-31-10-4-3-5-11-31)36-25-32(12-6-8-21-49)35(13-7-9-22-50)41(42(36)44)37-26-34(51)18-19-39(37)56-44/h2-5,10-11,14-19,25-26,32,35,40-42,49-51H,1,6-9,12-13,20-24,27-29H2. The van der Waals surface area contributed by atoms with E-state index >= 15 is 0 Å². The van der Waals surface area contributed by atoms with Gasteiger partial charge in [0, 0.05) is 37.7 Å². The van der Waals surface area contributed by atoms with Crippen molar-refractivity contribution in [3.63, 3.8) is 0 Å². The first kappa shape index (κ1) is 41.2. The fourth-order valence-corrected chi connectivity index (χ4v) is 8.79. The molecule has 0 spiro atoms.